The Bertz CT molecular complexity index is 406. The van der Waals surface area contributed by atoms with E-state index in [4.69, 9.17) is 16.3 Å². The highest BCUT2D eigenvalue weighted by molar-refractivity contribution is 6.30. The Morgan fingerprint density at radius 1 is 1.22 bits per heavy atom. The Morgan fingerprint density at radius 3 is 2.50 bits per heavy atom. The lowest BCUT2D eigenvalue weighted by molar-refractivity contribution is -0.120. The molecule has 2 amide bonds. The van der Waals surface area contributed by atoms with Crippen molar-refractivity contribution in [2.75, 3.05) is 26.8 Å². The van der Waals surface area contributed by atoms with Gasteiger partial charge in [-0.15, -0.1) is 0 Å². The van der Waals surface area contributed by atoms with E-state index < -0.39 is 0 Å². The molecule has 0 atom stereocenters. The van der Waals surface area contributed by atoms with Gasteiger partial charge in [0.2, 0.25) is 5.91 Å². The lowest BCUT2D eigenvalue weighted by Crippen LogP contribution is -2.38. The quantitative estimate of drug-likeness (QED) is 0.753. The van der Waals surface area contributed by atoms with Crippen molar-refractivity contribution in [3.63, 3.8) is 0 Å². The van der Waals surface area contributed by atoms with Crippen LogP contribution in [0.2, 0.25) is 5.02 Å². The molecule has 18 heavy (non-hydrogen) atoms. The van der Waals surface area contributed by atoms with Gasteiger partial charge in [-0.1, -0.05) is 11.6 Å². The molecule has 0 spiro atoms. The van der Waals surface area contributed by atoms with Gasteiger partial charge in [0, 0.05) is 24.2 Å². The second-order valence-corrected chi connectivity index (χ2v) is 3.97. The van der Waals surface area contributed by atoms with Gasteiger partial charge in [0.25, 0.3) is 5.91 Å². The monoisotopic (exact) mass is 270 g/mol. The number of hydrogen-bond acceptors (Lipinski definition) is 3. The molecular formula is C12H15ClN2O3. The van der Waals surface area contributed by atoms with Crippen molar-refractivity contribution < 1.29 is 14.3 Å². The zero-order valence-corrected chi connectivity index (χ0v) is 10.8. The summed E-state index contributed by atoms with van der Waals surface area (Å²) in [6, 6.07) is 6.44. The summed E-state index contributed by atoms with van der Waals surface area (Å²) in [6.07, 6.45) is 0. The van der Waals surface area contributed by atoms with E-state index in [2.05, 4.69) is 10.6 Å². The normalized spacial score (nSPS) is 9.89. The van der Waals surface area contributed by atoms with Gasteiger partial charge in [-0.3, -0.25) is 9.59 Å². The molecule has 0 bridgehead atoms. The van der Waals surface area contributed by atoms with E-state index >= 15 is 0 Å². The first-order valence-corrected chi connectivity index (χ1v) is 5.80. The zero-order valence-electron chi connectivity index (χ0n) is 10.0. The van der Waals surface area contributed by atoms with Crippen LogP contribution in [0.25, 0.3) is 0 Å². The molecular weight excluding hydrogens is 256 g/mol. The molecule has 1 rings (SSSR count). The van der Waals surface area contributed by atoms with Crippen LogP contribution >= 0.6 is 11.6 Å². The van der Waals surface area contributed by atoms with E-state index in [9.17, 15) is 9.59 Å². The standard InChI is InChI=1S/C12H15ClN2O3/c1-18-7-6-14-11(16)8-15-12(17)9-2-4-10(13)5-3-9/h2-5H,6-8H2,1H3,(H,14,16)(H,15,17). The van der Waals surface area contributed by atoms with Gasteiger partial charge in [-0.2, -0.15) is 0 Å². The summed E-state index contributed by atoms with van der Waals surface area (Å²) < 4.78 is 4.78. The predicted octanol–water partition coefficient (Wildman–Crippen LogP) is 0.832. The van der Waals surface area contributed by atoms with Crippen molar-refractivity contribution in [3.05, 3.63) is 34.9 Å². The van der Waals surface area contributed by atoms with Gasteiger partial charge < -0.3 is 15.4 Å². The maximum absolute atomic E-state index is 11.6. The fourth-order valence-electron chi connectivity index (χ4n) is 1.22. The molecule has 0 saturated heterocycles. The van der Waals surface area contributed by atoms with Gasteiger partial charge in [0.1, 0.15) is 0 Å². The number of methoxy groups -OCH3 is 1. The number of carbonyl (C=O) groups is 2. The van der Waals surface area contributed by atoms with Crippen LogP contribution in [0.4, 0.5) is 0 Å². The Morgan fingerprint density at radius 2 is 1.89 bits per heavy atom. The molecule has 0 fully saturated rings. The minimum absolute atomic E-state index is 0.0643. The van der Waals surface area contributed by atoms with Crippen molar-refractivity contribution in [2.24, 2.45) is 0 Å². The van der Waals surface area contributed by atoms with E-state index in [0.717, 1.165) is 0 Å². The van der Waals surface area contributed by atoms with Crippen LogP contribution < -0.4 is 10.6 Å². The topological polar surface area (TPSA) is 67.4 Å². The number of amides is 2. The van der Waals surface area contributed by atoms with Crippen LogP contribution in [0.1, 0.15) is 10.4 Å². The summed E-state index contributed by atoms with van der Waals surface area (Å²) in [4.78, 5) is 22.9. The molecule has 98 valence electrons. The van der Waals surface area contributed by atoms with Crippen LogP contribution in [0, 0.1) is 0 Å². The van der Waals surface area contributed by atoms with Gasteiger partial charge >= 0.3 is 0 Å². The number of halogens is 1. The number of hydrogen-bond donors (Lipinski definition) is 2. The highest BCUT2D eigenvalue weighted by Gasteiger charge is 2.07. The Labute approximate surface area is 110 Å². The molecule has 0 heterocycles. The second kappa shape index (κ2) is 7.68. The largest absolute Gasteiger partial charge is 0.383 e. The molecule has 5 nitrogen and oxygen atoms in total. The second-order valence-electron chi connectivity index (χ2n) is 3.53. The molecule has 0 aliphatic rings. The van der Waals surface area contributed by atoms with Crippen LogP contribution in [-0.4, -0.2) is 38.6 Å². The number of benzene rings is 1. The van der Waals surface area contributed by atoms with Gasteiger partial charge in [0.15, 0.2) is 0 Å². The van der Waals surface area contributed by atoms with Crippen molar-refractivity contribution in [1.82, 2.24) is 10.6 Å². The lowest BCUT2D eigenvalue weighted by Gasteiger charge is -2.06. The molecule has 0 aromatic heterocycles. The summed E-state index contributed by atoms with van der Waals surface area (Å²) in [5, 5.41) is 5.67. The summed E-state index contributed by atoms with van der Waals surface area (Å²) >= 11 is 5.71. The average molecular weight is 271 g/mol. The predicted molar refractivity (Wildman–Crippen MR) is 68.7 cm³/mol. The third-order valence-corrected chi connectivity index (χ3v) is 2.40. The van der Waals surface area contributed by atoms with Crippen LogP contribution in [-0.2, 0) is 9.53 Å². The smallest absolute Gasteiger partial charge is 0.251 e. The van der Waals surface area contributed by atoms with E-state index in [-0.39, 0.29) is 18.4 Å². The highest BCUT2D eigenvalue weighted by Crippen LogP contribution is 2.08. The van der Waals surface area contributed by atoms with E-state index in [0.29, 0.717) is 23.7 Å². The third-order valence-electron chi connectivity index (χ3n) is 2.14. The summed E-state index contributed by atoms with van der Waals surface area (Å²) in [6.45, 7) is 0.800. The number of carbonyl (C=O) groups excluding carboxylic acids is 2. The minimum Gasteiger partial charge on any atom is -0.383 e. The van der Waals surface area contributed by atoms with E-state index in [1.54, 1.807) is 31.4 Å². The summed E-state index contributed by atoms with van der Waals surface area (Å²) in [5.41, 5.74) is 0.462. The Hall–Kier alpha value is -1.59. The fraction of sp³-hybridized carbons (Fsp3) is 0.333. The lowest BCUT2D eigenvalue weighted by atomic mass is 10.2. The van der Waals surface area contributed by atoms with Crippen LogP contribution in [0.3, 0.4) is 0 Å². The van der Waals surface area contributed by atoms with Crippen molar-refractivity contribution in [3.8, 4) is 0 Å². The average Bonchev–Trinajstić information content (AvgIpc) is 2.37. The first kappa shape index (κ1) is 14.5. The molecule has 0 unspecified atom stereocenters. The summed E-state index contributed by atoms with van der Waals surface area (Å²) in [7, 11) is 1.55. The molecule has 0 saturated carbocycles. The number of rotatable bonds is 6. The molecule has 6 heteroatoms. The fourth-order valence-corrected chi connectivity index (χ4v) is 1.34. The first-order chi connectivity index (χ1) is 8.63. The maximum atomic E-state index is 11.6. The third kappa shape index (κ3) is 5.16. The molecule has 0 aliphatic heterocycles. The van der Waals surface area contributed by atoms with Crippen molar-refractivity contribution in [2.45, 2.75) is 0 Å². The van der Waals surface area contributed by atoms with E-state index in [1.165, 1.54) is 0 Å². The number of ether oxygens (including phenoxy) is 1. The molecule has 0 radical (unpaired) electrons. The minimum atomic E-state index is -0.312. The zero-order chi connectivity index (χ0) is 13.4. The van der Waals surface area contributed by atoms with Gasteiger partial charge in [-0.05, 0) is 24.3 Å². The molecule has 2 N–H and O–H groups in total. The highest BCUT2D eigenvalue weighted by atomic mass is 35.5. The SMILES string of the molecule is COCCNC(=O)CNC(=O)c1ccc(Cl)cc1. The number of nitrogens with one attached hydrogen (secondary N) is 2. The van der Waals surface area contributed by atoms with Gasteiger partial charge in [-0.25, -0.2) is 0 Å². The maximum Gasteiger partial charge on any atom is 0.251 e. The Balaban J connectivity index is 2.32. The van der Waals surface area contributed by atoms with Gasteiger partial charge in [0.05, 0.1) is 13.2 Å². The van der Waals surface area contributed by atoms with E-state index in [1.807, 2.05) is 0 Å². The van der Waals surface area contributed by atoms with Crippen molar-refractivity contribution >= 4 is 23.4 Å². The summed E-state index contributed by atoms with van der Waals surface area (Å²) in [5.74, 6) is -0.567. The van der Waals surface area contributed by atoms with Crippen LogP contribution in [0.5, 0.6) is 0 Å². The first-order valence-electron chi connectivity index (χ1n) is 5.43. The molecule has 1 aromatic carbocycles. The molecule has 0 aliphatic carbocycles. The molecule has 1 aromatic rings. The van der Waals surface area contributed by atoms with Crippen LogP contribution in [0.15, 0.2) is 24.3 Å². The Kier molecular flexibility index (Phi) is 6.18. The van der Waals surface area contributed by atoms with Crippen molar-refractivity contribution in [1.29, 1.82) is 0 Å².